The standard InChI is InChI=1S/C22H22N4O4S/c23-18(28)17-13-7-3-9-15(13)31-19(17)24-16(27)11-26-20(29)22(25-21(26)30)10-4-6-12-5-1-2-8-14(12)22/h1-2,5,8H,3-4,6-7,9-11H2,(H2,23,28)(H,24,27)(H,25,30)/t22-/m1/s1. The Morgan fingerprint density at radius 1 is 1.16 bits per heavy atom. The smallest absolute Gasteiger partial charge is 0.325 e. The molecule has 4 N–H and O–H groups in total. The molecule has 1 aromatic heterocycles. The van der Waals surface area contributed by atoms with Crippen LogP contribution in [0.15, 0.2) is 24.3 Å². The van der Waals surface area contributed by atoms with Gasteiger partial charge in [-0.1, -0.05) is 24.3 Å². The molecule has 2 aliphatic carbocycles. The number of nitrogens with two attached hydrogens (primary N) is 1. The molecule has 1 saturated heterocycles. The number of anilines is 1. The van der Waals surface area contributed by atoms with Crippen LogP contribution in [0.4, 0.5) is 9.80 Å². The van der Waals surface area contributed by atoms with Crippen LogP contribution in [0.1, 0.15) is 51.2 Å². The van der Waals surface area contributed by atoms with Crippen LogP contribution in [0.2, 0.25) is 0 Å². The summed E-state index contributed by atoms with van der Waals surface area (Å²) in [5.74, 6) is -1.53. The van der Waals surface area contributed by atoms with E-state index in [4.69, 9.17) is 5.73 Å². The number of aryl methyl sites for hydroxylation is 2. The first-order chi connectivity index (χ1) is 14.9. The van der Waals surface area contributed by atoms with Crippen LogP contribution in [0, 0.1) is 0 Å². The third-order valence-corrected chi connectivity index (χ3v) is 7.58. The van der Waals surface area contributed by atoms with E-state index in [0.717, 1.165) is 58.6 Å². The van der Waals surface area contributed by atoms with Crippen LogP contribution in [-0.4, -0.2) is 35.2 Å². The molecule has 5 rings (SSSR count). The fourth-order valence-electron chi connectivity index (χ4n) is 5.02. The Balaban J connectivity index is 1.37. The second-order valence-electron chi connectivity index (χ2n) is 8.21. The summed E-state index contributed by atoms with van der Waals surface area (Å²) in [7, 11) is 0. The average Bonchev–Trinajstić information content (AvgIpc) is 3.37. The minimum atomic E-state index is -1.12. The average molecular weight is 439 g/mol. The molecule has 0 saturated carbocycles. The summed E-state index contributed by atoms with van der Waals surface area (Å²) in [4.78, 5) is 52.7. The number of primary amides is 1. The van der Waals surface area contributed by atoms with Gasteiger partial charge in [-0.25, -0.2) is 4.79 Å². The van der Waals surface area contributed by atoms with Crippen molar-refractivity contribution >= 4 is 40.1 Å². The number of nitrogens with zero attached hydrogens (tertiary/aromatic N) is 1. The van der Waals surface area contributed by atoms with E-state index in [9.17, 15) is 19.2 Å². The van der Waals surface area contributed by atoms with Crippen molar-refractivity contribution in [2.75, 3.05) is 11.9 Å². The molecule has 3 aliphatic rings. The van der Waals surface area contributed by atoms with Crippen molar-refractivity contribution in [1.82, 2.24) is 10.2 Å². The normalized spacial score (nSPS) is 21.7. The summed E-state index contributed by atoms with van der Waals surface area (Å²) in [6.45, 7) is -0.421. The van der Waals surface area contributed by atoms with Crippen LogP contribution < -0.4 is 16.4 Å². The summed E-state index contributed by atoms with van der Waals surface area (Å²) in [6.07, 6.45) is 4.68. The summed E-state index contributed by atoms with van der Waals surface area (Å²) in [6, 6.07) is 7.01. The number of nitrogens with one attached hydrogen (secondary N) is 2. The van der Waals surface area contributed by atoms with Gasteiger partial charge in [0.05, 0.1) is 5.56 Å². The molecule has 0 bridgehead atoms. The van der Waals surface area contributed by atoms with Crippen molar-refractivity contribution < 1.29 is 19.2 Å². The number of thiophene rings is 1. The van der Waals surface area contributed by atoms with E-state index in [1.165, 1.54) is 11.3 Å². The molecule has 160 valence electrons. The minimum Gasteiger partial charge on any atom is -0.365 e. The zero-order chi connectivity index (χ0) is 21.8. The Bertz CT molecular complexity index is 1140. The maximum absolute atomic E-state index is 13.3. The van der Waals surface area contributed by atoms with Gasteiger partial charge in [-0.15, -0.1) is 11.3 Å². The Hall–Kier alpha value is -3.20. The van der Waals surface area contributed by atoms with Crippen LogP contribution in [-0.2, 0) is 34.4 Å². The van der Waals surface area contributed by atoms with Gasteiger partial charge >= 0.3 is 6.03 Å². The molecule has 8 nitrogen and oxygen atoms in total. The predicted octanol–water partition coefficient (Wildman–Crippen LogP) is 2.06. The van der Waals surface area contributed by atoms with Crippen molar-refractivity contribution in [3.05, 3.63) is 51.4 Å². The van der Waals surface area contributed by atoms with Gasteiger partial charge in [-0.2, -0.15) is 0 Å². The molecule has 1 spiro atoms. The molecule has 2 heterocycles. The van der Waals surface area contributed by atoms with Gasteiger partial charge in [0, 0.05) is 4.88 Å². The minimum absolute atomic E-state index is 0.348. The molecule has 0 unspecified atom stereocenters. The van der Waals surface area contributed by atoms with Gasteiger partial charge in [0.25, 0.3) is 11.8 Å². The monoisotopic (exact) mass is 438 g/mol. The van der Waals surface area contributed by atoms with Gasteiger partial charge in [0.2, 0.25) is 5.91 Å². The number of hydrogen-bond donors (Lipinski definition) is 3. The third kappa shape index (κ3) is 3.03. The van der Waals surface area contributed by atoms with E-state index >= 15 is 0 Å². The highest BCUT2D eigenvalue weighted by Gasteiger charge is 2.54. The van der Waals surface area contributed by atoms with Crippen LogP contribution in [0.25, 0.3) is 0 Å². The van der Waals surface area contributed by atoms with Gasteiger partial charge < -0.3 is 16.4 Å². The van der Waals surface area contributed by atoms with Gasteiger partial charge in [0.15, 0.2) is 0 Å². The Morgan fingerprint density at radius 3 is 2.77 bits per heavy atom. The Labute approximate surface area is 182 Å². The van der Waals surface area contributed by atoms with E-state index in [-0.39, 0.29) is 0 Å². The summed E-state index contributed by atoms with van der Waals surface area (Å²) in [5, 5.41) is 5.94. The van der Waals surface area contributed by atoms with Crippen LogP contribution in [0.3, 0.4) is 0 Å². The number of fused-ring (bicyclic) bond motifs is 3. The number of imide groups is 1. The van der Waals surface area contributed by atoms with Crippen molar-refractivity contribution in [3.63, 3.8) is 0 Å². The van der Waals surface area contributed by atoms with E-state index in [1.807, 2.05) is 24.3 Å². The SMILES string of the molecule is NC(=O)c1c(NC(=O)CN2C(=O)N[C@@]3(CCCc4ccccc43)C2=O)sc2c1CCC2. The lowest BCUT2D eigenvalue weighted by molar-refractivity contribution is -0.134. The summed E-state index contributed by atoms with van der Waals surface area (Å²) in [5.41, 5.74) is 7.51. The zero-order valence-electron chi connectivity index (χ0n) is 16.8. The molecule has 1 fully saturated rings. The number of rotatable bonds is 4. The maximum Gasteiger partial charge on any atom is 0.325 e. The van der Waals surface area contributed by atoms with E-state index in [2.05, 4.69) is 10.6 Å². The van der Waals surface area contributed by atoms with E-state index in [1.54, 1.807) is 0 Å². The van der Waals surface area contributed by atoms with Crippen LogP contribution in [0.5, 0.6) is 0 Å². The van der Waals surface area contributed by atoms with Crippen LogP contribution >= 0.6 is 11.3 Å². The number of hydrogen-bond acceptors (Lipinski definition) is 5. The first-order valence-electron chi connectivity index (χ1n) is 10.4. The lowest BCUT2D eigenvalue weighted by atomic mass is 9.76. The molecule has 1 atom stereocenters. The molecule has 0 radical (unpaired) electrons. The largest absolute Gasteiger partial charge is 0.365 e. The lowest BCUT2D eigenvalue weighted by Crippen LogP contribution is -2.47. The number of amides is 5. The van der Waals surface area contributed by atoms with E-state index < -0.39 is 35.8 Å². The van der Waals surface area contributed by atoms with Crippen molar-refractivity contribution in [2.45, 2.75) is 44.1 Å². The van der Waals surface area contributed by atoms with Gasteiger partial charge in [0.1, 0.15) is 17.1 Å². The van der Waals surface area contributed by atoms with Crippen molar-refractivity contribution in [2.24, 2.45) is 5.73 Å². The second kappa shape index (κ2) is 7.19. The van der Waals surface area contributed by atoms with Gasteiger partial charge in [-0.3, -0.25) is 19.3 Å². The molecule has 9 heteroatoms. The topological polar surface area (TPSA) is 122 Å². The predicted molar refractivity (Wildman–Crippen MR) is 115 cm³/mol. The maximum atomic E-state index is 13.3. The molecule has 2 aromatic rings. The first-order valence-corrected chi connectivity index (χ1v) is 11.2. The quantitative estimate of drug-likeness (QED) is 0.633. The summed E-state index contributed by atoms with van der Waals surface area (Å²) >= 11 is 1.34. The Morgan fingerprint density at radius 2 is 1.97 bits per heavy atom. The highest BCUT2D eigenvalue weighted by Crippen LogP contribution is 2.41. The highest BCUT2D eigenvalue weighted by molar-refractivity contribution is 7.17. The van der Waals surface area contributed by atoms with Gasteiger partial charge in [-0.05, 0) is 55.2 Å². The number of benzene rings is 1. The molecular weight excluding hydrogens is 416 g/mol. The third-order valence-electron chi connectivity index (χ3n) is 6.37. The molecule has 5 amide bonds. The molecular formula is C22H22N4O4S. The number of carbonyl (C=O) groups excluding carboxylic acids is 4. The van der Waals surface area contributed by atoms with Crippen molar-refractivity contribution in [1.29, 1.82) is 0 Å². The second-order valence-corrected chi connectivity index (χ2v) is 9.32. The fraction of sp³-hybridized carbons (Fsp3) is 0.364. The number of carbonyl (C=O) groups is 4. The molecule has 1 aromatic carbocycles. The zero-order valence-corrected chi connectivity index (χ0v) is 17.6. The molecule has 1 aliphatic heterocycles. The Kier molecular flexibility index (Phi) is 4.58. The summed E-state index contributed by atoms with van der Waals surface area (Å²) < 4.78 is 0. The van der Waals surface area contributed by atoms with Crippen molar-refractivity contribution in [3.8, 4) is 0 Å². The van der Waals surface area contributed by atoms with E-state index in [0.29, 0.717) is 17.0 Å². The first kappa shape index (κ1) is 19.7. The fourth-order valence-corrected chi connectivity index (χ4v) is 6.33. The lowest BCUT2D eigenvalue weighted by Gasteiger charge is -2.33. The molecule has 31 heavy (non-hydrogen) atoms. The highest BCUT2D eigenvalue weighted by atomic mass is 32.1. The number of urea groups is 1.